The number of aromatic amines is 1. The monoisotopic (exact) mass is 430 g/mol. The Hall–Kier alpha value is -3.28. The topological polar surface area (TPSA) is 63.7 Å². The van der Waals surface area contributed by atoms with Gasteiger partial charge in [0.25, 0.3) is 0 Å². The number of nitrogens with one attached hydrogen (secondary N) is 1. The van der Waals surface area contributed by atoms with Crippen LogP contribution in [0.25, 0.3) is 22.3 Å². The molecule has 2 heterocycles. The van der Waals surface area contributed by atoms with Crippen molar-refractivity contribution in [3.8, 4) is 17.1 Å². The largest absolute Gasteiger partial charge is 0.497 e. The molecule has 1 atom stereocenters. The highest BCUT2D eigenvalue weighted by atomic mass is 19.1. The summed E-state index contributed by atoms with van der Waals surface area (Å²) < 4.78 is 19.1. The summed E-state index contributed by atoms with van der Waals surface area (Å²) in [5, 5.41) is 9.77. The lowest BCUT2D eigenvalue weighted by atomic mass is 9.73. The van der Waals surface area contributed by atoms with Crippen LogP contribution in [-0.4, -0.2) is 27.3 Å². The Bertz CT molecular complexity index is 1210. The number of methoxy groups -OCH3 is 1. The predicted octanol–water partition coefficient (Wildman–Crippen LogP) is 6.25. The lowest BCUT2D eigenvalue weighted by molar-refractivity contribution is 0.286. The van der Waals surface area contributed by atoms with Gasteiger partial charge >= 0.3 is 0 Å². The van der Waals surface area contributed by atoms with E-state index in [9.17, 15) is 4.39 Å². The summed E-state index contributed by atoms with van der Waals surface area (Å²) in [5.41, 5.74) is 3.09. The van der Waals surface area contributed by atoms with Crippen molar-refractivity contribution in [2.45, 2.75) is 44.4 Å². The lowest BCUT2D eigenvalue weighted by Crippen LogP contribution is -2.19. The Morgan fingerprint density at radius 1 is 1.00 bits per heavy atom. The summed E-state index contributed by atoms with van der Waals surface area (Å²) in [5.74, 6) is 3.64. The van der Waals surface area contributed by atoms with E-state index in [1.807, 2.05) is 30.5 Å². The van der Waals surface area contributed by atoms with Gasteiger partial charge in [0.2, 0.25) is 0 Å². The number of fused-ring (bicyclic) bond motifs is 1. The van der Waals surface area contributed by atoms with Crippen LogP contribution in [0, 0.1) is 11.7 Å². The van der Waals surface area contributed by atoms with E-state index in [1.165, 1.54) is 11.6 Å². The van der Waals surface area contributed by atoms with E-state index in [4.69, 9.17) is 4.74 Å². The first-order chi connectivity index (χ1) is 15.6. The van der Waals surface area contributed by atoms with Crippen LogP contribution >= 0.6 is 0 Å². The summed E-state index contributed by atoms with van der Waals surface area (Å²) >= 11 is 0. The molecule has 0 amide bonds. The van der Waals surface area contributed by atoms with Gasteiger partial charge in [0.15, 0.2) is 5.82 Å². The summed E-state index contributed by atoms with van der Waals surface area (Å²) in [6, 6.07) is 14.8. The van der Waals surface area contributed by atoms with Gasteiger partial charge in [-0.2, -0.15) is 0 Å². The third-order valence-electron chi connectivity index (χ3n) is 6.96. The first kappa shape index (κ1) is 20.6. The molecule has 0 saturated heterocycles. The molecule has 1 saturated carbocycles. The fraction of sp³-hybridized carbons (Fsp3) is 0.346. The number of halogens is 1. The average Bonchev–Trinajstić information content (AvgIpc) is 3.34. The number of pyridine rings is 1. The molecule has 2 aromatic heterocycles. The van der Waals surface area contributed by atoms with E-state index in [1.54, 1.807) is 19.2 Å². The normalized spacial score (nSPS) is 19.7. The van der Waals surface area contributed by atoms with Crippen molar-refractivity contribution in [1.29, 1.82) is 0 Å². The molecule has 4 aromatic rings. The number of hydrogen-bond donors (Lipinski definition) is 1. The molecule has 0 unspecified atom stereocenters. The molecule has 0 radical (unpaired) electrons. The van der Waals surface area contributed by atoms with Gasteiger partial charge in [0.05, 0.1) is 12.6 Å². The number of nitrogens with zero attached hydrogens (tertiary/aromatic N) is 3. The molecular formula is C26H27FN4O. The van der Waals surface area contributed by atoms with Gasteiger partial charge in [0, 0.05) is 23.1 Å². The first-order valence-corrected chi connectivity index (χ1v) is 11.2. The minimum Gasteiger partial charge on any atom is -0.497 e. The van der Waals surface area contributed by atoms with Crippen molar-refractivity contribution >= 4 is 10.9 Å². The second-order valence-corrected chi connectivity index (χ2v) is 8.75. The number of rotatable bonds is 5. The Morgan fingerprint density at radius 3 is 2.53 bits per heavy atom. The van der Waals surface area contributed by atoms with Crippen LogP contribution in [-0.2, 0) is 0 Å². The maximum atomic E-state index is 13.9. The molecule has 0 spiro atoms. The third kappa shape index (κ3) is 3.97. The van der Waals surface area contributed by atoms with E-state index >= 15 is 0 Å². The number of aromatic nitrogens is 4. The standard InChI is InChI=1S/C26H27FN4O/c1-16(25-29-26(31-30-25)19-7-10-21(32-2)11-8-19)17-3-5-18(6-4-17)22-13-14-28-24-12-9-20(27)15-23(22)24/h7-18H,3-6H2,1-2H3,(H,29,30,31)/t16-,17?,18?/m1/s1. The minimum atomic E-state index is -0.202. The predicted molar refractivity (Wildman–Crippen MR) is 123 cm³/mol. The van der Waals surface area contributed by atoms with Crippen LogP contribution in [0.4, 0.5) is 4.39 Å². The lowest BCUT2D eigenvalue weighted by Gasteiger charge is -2.32. The molecule has 1 aliphatic rings. The fourth-order valence-corrected chi connectivity index (χ4v) is 5.01. The van der Waals surface area contributed by atoms with Crippen LogP contribution in [0.3, 0.4) is 0 Å². The van der Waals surface area contributed by atoms with Gasteiger partial charge in [-0.15, -0.1) is 10.2 Å². The number of ether oxygens (including phenoxy) is 1. The van der Waals surface area contributed by atoms with Crippen LogP contribution < -0.4 is 4.74 Å². The zero-order valence-electron chi connectivity index (χ0n) is 18.4. The highest BCUT2D eigenvalue weighted by Crippen LogP contribution is 2.42. The Kier molecular flexibility index (Phi) is 5.60. The maximum Gasteiger partial charge on any atom is 0.161 e. The molecule has 164 valence electrons. The Labute approximate surface area is 187 Å². The zero-order chi connectivity index (χ0) is 22.1. The third-order valence-corrected chi connectivity index (χ3v) is 6.96. The number of H-pyrrole nitrogens is 1. The molecule has 0 aliphatic heterocycles. The summed E-state index contributed by atoms with van der Waals surface area (Å²) in [7, 11) is 1.66. The van der Waals surface area contributed by atoms with Crippen molar-refractivity contribution in [2.75, 3.05) is 7.11 Å². The smallest absolute Gasteiger partial charge is 0.161 e. The van der Waals surface area contributed by atoms with Gasteiger partial charge in [-0.05, 0) is 91.6 Å². The van der Waals surface area contributed by atoms with Gasteiger partial charge in [-0.25, -0.2) is 4.39 Å². The van der Waals surface area contributed by atoms with Gasteiger partial charge < -0.3 is 9.72 Å². The number of benzene rings is 2. The molecule has 2 aromatic carbocycles. The molecule has 0 bridgehead atoms. The highest BCUT2D eigenvalue weighted by Gasteiger charge is 2.29. The minimum absolute atomic E-state index is 0.202. The van der Waals surface area contributed by atoms with Gasteiger partial charge in [-0.1, -0.05) is 6.92 Å². The molecule has 1 N–H and O–H groups in total. The van der Waals surface area contributed by atoms with E-state index in [2.05, 4.69) is 33.2 Å². The molecule has 6 heteroatoms. The van der Waals surface area contributed by atoms with Crippen molar-refractivity contribution in [3.05, 3.63) is 71.9 Å². The molecule has 1 fully saturated rings. The quantitative estimate of drug-likeness (QED) is 0.407. The van der Waals surface area contributed by atoms with Crippen molar-refractivity contribution in [3.63, 3.8) is 0 Å². The zero-order valence-corrected chi connectivity index (χ0v) is 18.4. The molecule has 32 heavy (non-hydrogen) atoms. The second kappa shape index (κ2) is 8.69. The summed E-state index contributed by atoms with van der Waals surface area (Å²) in [6.45, 7) is 2.24. The van der Waals surface area contributed by atoms with E-state index in [0.29, 0.717) is 17.8 Å². The van der Waals surface area contributed by atoms with Crippen LogP contribution in [0.5, 0.6) is 5.75 Å². The van der Waals surface area contributed by atoms with Gasteiger partial charge in [0.1, 0.15) is 17.4 Å². The maximum absolute atomic E-state index is 13.9. The SMILES string of the molecule is COc1ccc(-c2nnc([C@H](C)C3CCC(c4ccnc5ccc(F)cc45)CC3)[nH]2)cc1. The summed E-state index contributed by atoms with van der Waals surface area (Å²) in [4.78, 5) is 7.83. The van der Waals surface area contributed by atoms with Crippen molar-refractivity contribution in [2.24, 2.45) is 5.92 Å². The first-order valence-electron chi connectivity index (χ1n) is 11.2. The van der Waals surface area contributed by atoms with E-state index < -0.39 is 0 Å². The highest BCUT2D eigenvalue weighted by molar-refractivity contribution is 5.82. The Morgan fingerprint density at radius 2 is 1.78 bits per heavy atom. The van der Waals surface area contributed by atoms with Crippen LogP contribution in [0.1, 0.15) is 55.8 Å². The van der Waals surface area contributed by atoms with E-state index in [-0.39, 0.29) is 5.82 Å². The van der Waals surface area contributed by atoms with E-state index in [0.717, 1.165) is 59.5 Å². The molecule has 1 aliphatic carbocycles. The average molecular weight is 431 g/mol. The van der Waals surface area contributed by atoms with Gasteiger partial charge in [-0.3, -0.25) is 4.98 Å². The molecule has 5 rings (SSSR count). The van der Waals surface area contributed by atoms with Crippen LogP contribution in [0.15, 0.2) is 54.7 Å². The fourth-order valence-electron chi connectivity index (χ4n) is 5.01. The molecular weight excluding hydrogens is 403 g/mol. The van der Waals surface area contributed by atoms with Crippen molar-refractivity contribution in [1.82, 2.24) is 20.2 Å². The number of hydrogen-bond acceptors (Lipinski definition) is 4. The van der Waals surface area contributed by atoms with Crippen molar-refractivity contribution < 1.29 is 9.13 Å². The summed E-state index contributed by atoms with van der Waals surface area (Å²) in [6.07, 6.45) is 6.25. The Balaban J connectivity index is 1.28. The second-order valence-electron chi connectivity index (χ2n) is 8.75. The molecule has 5 nitrogen and oxygen atoms in total. The van der Waals surface area contributed by atoms with Crippen LogP contribution in [0.2, 0.25) is 0 Å².